The molecule has 5 nitrogen and oxygen atoms in total. The molecule has 0 aromatic carbocycles. The molecule has 3 atom stereocenters. The number of hydrogen-bond acceptors (Lipinski definition) is 4. The van der Waals surface area contributed by atoms with E-state index in [0.29, 0.717) is 5.92 Å². The van der Waals surface area contributed by atoms with E-state index in [9.17, 15) is 4.79 Å². The number of likely N-dealkylation sites (tertiary alicyclic amines) is 1. The lowest BCUT2D eigenvalue weighted by atomic mass is 9.96. The Kier molecular flexibility index (Phi) is 7.41. The number of rotatable bonds is 5. The summed E-state index contributed by atoms with van der Waals surface area (Å²) in [5.41, 5.74) is 0. The first-order valence-electron chi connectivity index (χ1n) is 8.62. The van der Waals surface area contributed by atoms with Crippen LogP contribution in [-0.2, 0) is 9.53 Å². The van der Waals surface area contributed by atoms with Gasteiger partial charge in [-0.05, 0) is 57.0 Å². The Hall–Kier alpha value is -0.360. The van der Waals surface area contributed by atoms with Gasteiger partial charge >= 0.3 is 0 Å². The lowest BCUT2D eigenvalue weighted by Gasteiger charge is -2.34. The van der Waals surface area contributed by atoms with Crippen LogP contribution in [0.25, 0.3) is 0 Å². The lowest BCUT2D eigenvalue weighted by Crippen LogP contribution is -2.46. The van der Waals surface area contributed by atoms with E-state index in [4.69, 9.17) is 4.74 Å². The second kappa shape index (κ2) is 9.06. The molecule has 0 aromatic rings. The van der Waals surface area contributed by atoms with Crippen LogP contribution < -0.4 is 10.6 Å². The Labute approximate surface area is 139 Å². The summed E-state index contributed by atoms with van der Waals surface area (Å²) in [6.45, 7) is 7.22. The third-order valence-electron chi connectivity index (χ3n) is 5.09. The summed E-state index contributed by atoms with van der Waals surface area (Å²) in [5.74, 6) is 1.54. The molecular weight excluding hydrogens is 302 g/mol. The molecule has 22 heavy (non-hydrogen) atoms. The van der Waals surface area contributed by atoms with Crippen molar-refractivity contribution in [2.75, 3.05) is 45.9 Å². The summed E-state index contributed by atoms with van der Waals surface area (Å²) >= 11 is 0. The average molecular weight is 332 g/mol. The highest BCUT2D eigenvalue weighted by atomic mass is 35.5. The maximum absolute atomic E-state index is 12.0. The molecule has 3 fully saturated rings. The first-order chi connectivity index (χ1) is 10.3. The fraction of sp³-hybridized carbons (Fsp3) is 0.938. The Morgan fingerprint density at radius 3 is 2.86 bits per heavy atom. The van der Waals surface area contributed by atoms with E-state index in [2.05, 4.69) is 15.5 Å². The minimum atomic E-state index is 0. The molecule has 0 bridgehead atoms. The number of amides is 1. The molecule has 2 N–H and O–H groups in total. The molecule has 3 heterocycles. The highest BCUT2D eigenvalue weighted by Gasteiger charge is 2.26. The Morgan fingerprint density at radius 1 is 1.23 bits per heavy atom. The maximum atomic E-state index is 12.0. The van der Waals surface area contributed by atoms with Crippen molar-refractivity contribution < 1.29 is 9.53 Å². The second-order valence-electron chi connectivity index (χ2n) is 6.89. The molecular formula is C16H30ClN3O2. The van der Waals surface area contributed by atoms with Crippen molar-refractivity contribution in [2.45, 2.75) is 38.1 Å². The zero-order valence-electron chi connectivity index (χ0n) is 13.4. The molecule has 3 unspecified atom stereocenters. The summed E-state index contributed by atoms with van der Waals surface area (Å²) in [5, 5.41) is 6.42. The molecule has 3 rings (SSSR count). The summed E-state index contributed by atoms with van der Waals surface area (Å²) in [7, 11) is 0. The van der Waals surface area contributed by atoms with Crippen LogP contribution in [0.3, 0.4) is 0 Å². The minimum Gasteiger partial charge on any atom is -0.381 e. The van der Waals surface area contributed by atoms with Crippen molar-refractivity contribution in [3.63, 3.8) is 0 Å². The van der Waals surface area contributed by atoms with Gasteiger partial charge < -0.3 is 20.3 Å². The van der Waals surface area contributed by atoms with Gasteiger partial charge in [0, 0.05) is 26.2 Å². The molecule has 0 spiro atoms. The van der Waals surface area contributed by atoms with Crippen molar-refractivity contribution in [2.24, 2.45) is 11.8 Å². The highest BCUT2D eigenvalue weighted by Crippen LogP contribution is 2.20. The first kappa shape index (κ1) is 18.0. The van der Waals surface area contributed by atoms with Crippen molar-refractivity contribution >= 4 is 18.3 Å². The van der Waals surface area contributed by atoms with Crippen LogP contribution in [-0.4, -0.2) is 62.8 Å². The largest absolute Gasteiger partial charge is 0.381 e. The summed E-state index contributed by atoms with van der Waals surface area (Å²) in [6.07, 6.45) is 5.83. The number of nitrogens with one attached hydrogen (secondary N) is 2. The van der Waals surface area contributed by atoms with Gasteiger partial charge in [-0.1, -0.05) is 0 Å². The molecule has 3 saturated heterocycles. The number of carbonyl (C=O) groups is 1. The van der Waals surface area contributed by atoms with Crippen molar-refractivity contribution in [1.29, 1.82) is 0 Å². The van der Waals surface area contributed by atoms with Crippen LogP contribution >= 0.6 is 12.4 Å². The highest BCUT2D eigenvalue weighted by molar-refractivity contribution is 5.85. The van der Waals surface area contributed by atoms with Crippen LogP contribution in [0.4, 0.5) is 0 Å². The molecule has 128 valence electrons. The van der Waals surface area contributed by atoms with E-state index >= 15 is 0 Å². The first-order valence-corrected chi connectivity index (χ1v) is 8.62. The predicted octanol–water partition coefficient (Wildman–Crippen LogP) is 1.02. The number of halogens is 1. The van der Waals surface area contributed by atoms with Gasteiger partial charge in [0.1, 0.15) is 0 Å². The molecule has 3 aliphatic heterocycles. The van der Waals surface area contributed by atoms with Gasteiger partial charge in [0.15, 0.2) is 0 Å². The standard InChI is InChI=1S/C16H29N3O2.ClH/c20-16(15-4-1-6-17-15)18-9-13-3-2-7-19(10-13)11-14-5-8-21-12-14;/h13-15,17H,1-12H2,(H,18,20);1H. The van der Waals surface area contributed by atoms with E-state index in [1.54, 1.807) is 0 Å². The maximum Gasteiger partial charge on any atom is 0.237 e. The van der Waals surface area contributed by atoms with Crippen LogP contribution in [0.2, 0.25) is 0 Å². The van der Waals surface area contributed by atoms with Gasteiger partial charge in [-0.2, -0.15) is 0 Å². The summed E-state index contributed by atoms with van der Waals surface area (Å²) in [4.78, 5) is 14.6. The Balaban J connectivity index is 0.00000176. The number of nitrogens with zero attached hydrogens (tertiary/aromatic N) is 1. The second-order valence-corrected chi connectivity index (χ2v) is 6.89. The number of carbonyl (C=O) groups excluding carboxylic acids is 1. The summed E-state index contributed by atoms with van der Waals surface area (Å²) in [6, 6.07) is 0.0559. The zero-order chi connectivity index (χ0) is 14.5. The lowest BCUT2D eigenvalue weighted by molar-refractivity contribution is -0.123. The monoisotopic (exact) mass is 331 g/mol. The molecule has 0 radical (unpaired) electrons. The topological polar surface area (TPSA) is 53.6 Å². The van der Waals surface area contributed by atoms with Gasteiger partial charge in [0.2, 0.25) is 5.91 Å². The molecule has 1 amide bonds. The van der Waals surface area contributed by atoms with Gasteiger partial charge in [0.25, 0.3) is 0 Å². The number of hydrogen-bond donors (Lipinski definition) is 2. The van der Waals surface area contributed by atoms with Crippen LogP contribution in [0.5, 0.6) is 0 Å². The molecule has 0 saturated carbocycles. The third-order valence-corrected chi connectivity index (χ3v) is 5.09. The van der Waals surface area contributed by atoms with E-state index in [1.807, 2.05) is 0 Å². The number of ether oxygens (including phenoxy) is 1. The zero-order valence-corrected chi connectivity index (χ0v) is 14.2. The Bertz CT molecular complexity index is 344. The van der Waals surface area contributed by atoms with Crippen molar-refractivity contribution in [1.82, 2.24) is 15.5 Å². The quantitative estimate of drug-likeness (QED) is 0.790. The van der Waals surface area contributed by atoms with E-state index < -0.39 is 0 Å². The van der Waals surface area contributed by atoms with Gasteiger partial charge in [-0.25, -0.2) is 0 Å². The van der Waals surface area contributed by atoms with Crippen LogP contribution in [0.1, 0.15) is 32.1 Å². The van der Waals surface area contributed by atoms with Gasteiger partial charge in [-0.15, -0.1) is 12.4 Å². The molecule has 6 heteroatoms. The van der Waals surface area contributed by atoms with Gasteiger partial charge in [0.05, 0.1) is 12.6 Å². The smallest absolute Gasteiger partial charge is 0.237 e. The van der Waals surface area contributed by atoms with E-state index in [1.165, 1.54) is 32.4 Å². The molecule has 3 aliphatic rings. The fourth-order valence-electron chi connectivity index (χ4n) is 3.85. The van der Waals surface area contributed by atoms with Crippen molar-refractivity contribution in [3.8, 4) is 0 Å². The van der Waals surface area contributed by atoms with Gasteiger partial charge in [-0.3, -0.25) is 4.79 Å². The fourth-order valence-corrected chi connectivity index (χ4v) is 3.85. The third kappa shape index (κ3) is 5.08. The Morgan fingerprint density at radius 2 is 2.14 bits per heavy atom. The van der Waals surface area contributed by atoms with Crippen LogP contribution in [0.15, 0.2) is 0 Å². The normalized spacial score (nSPS) is 32.6. The molecule has 0 aromatic heterocycles. The number of piperidine rings is 1. The summed E-state index contributed by atoms with van der Waals surface area (Å²) < 4.78 is 5.47. The van der Waals surface area contributed by atoms with Crippen LogP contribution in [0, 0.1) is 11.8 Å². The van der Waals surface area contributed by atoms with E-state index in [0.717, 1.165) is 51.6 Å². The predicted molar refractivity (Wildman–Crippen MR) is 89.4 cm³/mol. The van der Waals surface area contributed by atoms with E-state index in [-0.39, 0.29) is 24.4 Å². The average Bonchev–Trinajstić information content (AvgIpc) is 3.18. The minimum absolute atomic E-state index is 0. The SMILES string of the molecule is Cl.O=C(NCC1CCCN(CC2CCOC2)C1)C1CCCN1. The molecule has 0 aliphatic carbocycles. The van der Waals surface area contributed by atoms with Crippen molar-refractivity contribution in [3.05, 3.63) is 0 Å².